The molecule has 2 rings (SSSR count). The highest BCUT2D eigenvalue weighted by atomic mass is 16.6. The van der Waals surface area contributed by atoms with Crippen LogP contribution in [0.4, 0.5) is 4.79 Å². The van der Waals surface area contributed by atoms with Gasteiger partial charge in [-0.15, -0.1) is 0 Å². The second-order valence-electron chi connectivity index (χ2n) is 5.93. The smallest absolute Gasteiger partial charge is 0.410 e. The molecule has 2 heterocycles. The van der Waals surface area contributed by atoms with Crippen LogP contribution in [0.2, 0.25) is 0 Å². The van der Waals surface area contributed by atoms with Gasteiger partial charge in [-0.2, -0.15) is 0 Å². The van der Waals surface area contributed by atoms with Crippen LogP contribution in [-0.2, 0) is 10.3 Å². The fraction of sp³-hybridized carbons (Fsp3) is 0.571. The van der Waals surface area contributed by atoms with Gasteiger partial charge in [0.1, 0.15) is 11.2 Å². The first-order valence-corrected chi connectivity index (χ1v) is 6.45. The molecule has 1 aliphatic rings. The maximum Gasteiger partial charge on any atom is 0.410 e. The van der Waals surface area contributed by atoms with E-state index in [9.17, 15) is 9.90 Å². The van der Waals surface area contributed by atoms with Gasteiger partial charge in [-0.3, -0.25) is 0 Å². The Balaban J connectivity index is 2.01. The molecule has 0 bridgehead atoms. The van der Waals surface area contributed by atoms with Crippen molar-refractivity contribution in [3.63, 3.8) is 0 Å². The van der Waals surface area contributed by atoms with Crippen molar-refractivity contribution < 1.29 is 19.4 Å². The molecule has 1 fully saturated rings. The van der Waals surface area contributed by atoms with E-state index in [1.54, 1.807) is 39.0 Å². The minimum atomic E-state index is -1.13. The molecular weight excluding hydrogens is 260 g/mol. The second-order valence-corrected chi connectivity index (χ2v) is 5.93. The molecule has 6 heteroatoms. The normalized spacial score (nSPS) is 17.4. The summed E-state index contributed by atoms with van der Waals surface area (Å²) in [5.41, 5.74) is -1.18. The van der Waals surface area contributed by atoms with Crippen molar-refractivity contribution in [2.24, 2.45) is 0 Å². The van der Waals surface area contributed by atoms with Crippen LogP contribution in [-0.4, -0.2) is 46.9 Å². The van der Waals surface area contributed by atoms with E-state index in [-0.39, 0.29) is 13.1 Å². The zero-order chi connectivity index (χ0) is 15.0. The van der Waals surface area contributed by atoms with Crippen molar-refractivity contribution in [2.75, 3.05) is 20.2 Å². The Morgan fingerprint density at radius 1 is 1.40 bits per heavy atom. The lowest BCUT2D eigenvalue weighted by Crippen LogP contribution is -2.62. The van der Waals surface area contributed by atoms with Crippen LogP contribution in [0.15, 0.2) is 18.2 Å². The number of aliphatic hydroxyl groups is 1. The second kappa shape index (κ2) is 4.94. The Morgan fingerprint density at radius 2 is 2.05 bits per heavy atom. The van der Waals surface area contributed by atoms with Gasteiger partial charge in [-0.1, -0.05) is 6.07 Å². The maximum absolute atomic E-state index is 11.8. The van der Waals surface area contributed by atoms with Crippen molar-refractivity contribution in [2.45, 2.75) is 32.0 Å². The number of aromatic nitrogens is 1. The molecule has 1 saturated heterocycles. The minimum Gasteiger partial charge on any atom is -0.481 e. The van der Waals surface area contributed by atoms with Crippen LogP contribution in [0.5, 0.6) is 5.88 Å². The molecule has 20 heavy (non-hydrogen) atoms. The van der Waals surface area contributed by atoms with Crippen molar-refractivity contribution in [3.8, 4) is 5.88 Å². The van der Waals surface area contributed by atoms with Gasteiger partial charge >= 0.3 is 6.09 Å². The van der Waals surface area contributed by atoms with E-state index in [0.717, 1.165) is 0 Å². The third kappa shape index (κ3) is 3.01. The monoisotopic (exact) mass is 280 g/mol. The molecule has 0 atom stereocenters. The van der Waals surface area contributed by atoms with Gasteiger partial charge in [0, 0.05) is 6.07 Å². The molecule has 0 radical (unpaired) electrons. The number of amides is 1. The first kappa shape index (κ1) is 14.6. The molecule has 1 aromatic heterocycles. The van der Waals surface area contributed by atoms with E-state index in [4.69, 9.17) is 9.47 Å². The first-order valence-electron chi connectivity index (χ1n) is 6.45. The molecule has 0 aliphatic carbocycles. The van der Waals surface area contributed by atoms with E-state index in [1.807, 2.05) is 0 Å². The number of hydrogen-bond donors (Lipinski definition) is 1. The van der Waals surface area contributed by atoms with Crippen LogP contribution < -0.4 is 4.74 Å². The summed E-state index contributed by atoms with van der Waals surface area (Å²) in [7, 11) is 1.52. The van der Waals surface area contributed by atoms with Crippen LogP contribution >= 0.6 is 0 Å². The van der Waals surface area contributed by atoms with Crippen molar-refractivity contribution in [1.29, 1.82) is 0 Å². The Bertz CT molecular complexity index is 504. The highest BCUT2D eigenvalue weighted by Crippen LogP contribution is 2.32. The van der Waals surface area contributed by atoms with E-state index in [2.05, 4.69) is 4.98 Å². The number of rotatable bonds is 2. The number of ether oxygens (including phenoxy) is 2. The lowest BCUT2D eigenvalue weighted by molar-refractivity contribution is -0.106. The van der Waals surface area contributed by atoms with E-state index in [1.165, 1.54) is 12.0 Å². The van der Waals surface area contributed by atoms with Crippen molar-refractivity contribution >= 4 is 6.09 Å². The average Bonchev–Trinajstić information content (AvgIpc) is 2.33. The fourth-order valence-electron chi connectivity index (χ4n) is 1.99. The molecular formula is C14H20N2O4. The zero-order valence-corrected chi connectivity index (χ0v) is 12.2. The fourth-order valence-corrected chi connectivity index (χ4v) is 1.99. The number of carbonyl (C=O) groups is 1. The van der Waals surface area contributed by atoms with Gasteiger partial charge in [-0.25, -0.2) is 9.78 Å². The number of methoxy groups -OCH3 is 1. The first-order chi connectivity index (χ1) is 9.23. The number of likely N-dealkylation sites (tertiary alicyclic amines) is 1. The number of carbonyl (C=O) groups excluding carboxylic acids is 1. The van der Waals surface area contributed by atoms with Crippen LogP contribution in [0.1, 0.15) is 26.5 Å². The molecule has 110 valence electrons. The molecule has 0 unspecified atom stereocenters. The topological polar surface area (TPSA) is 71.9 Å². The van der Waals surface area contributed by atoms with Gasteiger partial charge in [0.05, 0.1) is 25.9 Å². The number of hydrogen-bond acceptors (Lipinski definition) is 5. The molecule has 1 amide bonds. The van der Waals surface area contributed by atoms with Gasteiger partial charge in [-0.05, 0) is 26.8 Å². The molecule has 1 aromatic rings. The Kier molecular flexibility index (Phi) is 3.60. The third-order valence-electron chi connectivity index (χ3n) is 2.97. The highest BCUT2D eigenvalue weighted by Gasteiger charge is 2.47. The van der Waals surface area contributed by atoms with E-state index >= 15 is 0 Å². The molecule has 1 N–H and O–H groups in total. The van der Waals surface area contributed by atoms with Crippen molar-refractivity contribution in [3.05, 3.63) is 23.9 Å². The van der Waals surface area contributed by atoms with Crippen molar-refractivity contribution in [1.82, 2.24) is 9.88 Å². The number of β-amino-alcohol motifs (C(OH)–C–C–N with tert-alkyl or cyclic N) is 1. The molecule has 6 nitrogen and oxygen atoms in total. The predicted octanol–water partition coefficient (Wildman–Crippen LogP) is 1.53. The highest BCUT2D eigenvalue weighted by molar-refractivity contribution is 5.69. The summed E-state index contributed by atoms with van der Waals surface area (Å²) in [6.07, 6.45) is -0.426. The summed E-state index contributed by atoms with van der Waals surface area (Å²) in [5, 5.41) is 10.5. The number of nitrogens with zero attached hydrogens (tertiary/aromatic N) is 2. The summed E-state index contributed by atoms with van der Waals surface area (Å²) in [4.78, 5) is 17.5. The maximum atomic E-state index is 11.8. The molecule has 0 aromatic carbocycles. The summed E-state index contributed by atoms with van der Waals surface area (Å²) >= 11 is 0. The largest absolute Gasteiger partial charge is 0.481 e. The molecule has 0 saturated carbocycles. The van der Waals surface area contributed by atoms with Crippen LogP contribution in [0.25, 0.3) is 0 Å². The predicted molar refractivity (Wildman–Crippen MR) is 72.5 cm³/mol. The summed E-state index contributed by atoms with van der Waals surface area (Å²) in [5.74, 6) is 0.437. The lowest BCUT2D eigenvalue weighted by Gasteiger charge is -2.45. The summed E-state index contributed by atoms with van der Waals surface area (Å²) in [6, 6.07) is 5.18. The van der Waals surface area contributed by atoms with Crippen LogP contribution in [0, 0.1) is 0 Å². The summed E-state index contributed by atoms with van der Waals surface area (Å²) < 4.78 is 10.3. The van der Waals surface area contributed by atoms with Gasteiger partial charge in [0.25, 0.3) is 0 Å². The molecule has 1 aliphatic heterocycles. The Morgan fingerprint density at radius 3 is 2.60 bits per heavy atom. The Labute approximate surface area is 118 Å². The zero-order valence-electron chi connectivity index (χ0n) is 12.2. The van der Waals surface area contributed by atoms with Gasteiger partial charge in [0.15, 0.2) is 0 Å². The van der Waals surface area contributed by atoms with E-state index in [0.29, 0.717) is 11.6 Å². The quantitative estimate of drug-likeness (QED) is 0.889. The standard InChI is InChI=1S/C14H20N2O4/c1-13(2,3)20-12(17)16-8-14(18,9-16)10-6-5-7-11(15-10)19-4/h5-7,18H,8-9H2,1-4H3. The Hall–Kier alpha value is -1.82. The summed E-state index contributed by atoms with van der Waals surface area (Å²) in [6.45, 7) is 5.76. The van der Waals surface area contributed by atoms with Gasteiger partial charge in [0.2, 0.25) is 5.88 Å². The lowest BCUT2D eigenvalue weighted by atomic mass is 9.90. The third-order valence-corrected chi connectivity index (χ3v) is 2.97. The van der Waals surface area contributed by atoms with E-state index < -0.39 is 17.3 Å². The molecule has 0 spiro atoms. The number of pyridine rings is 1. The average molecular weight is 280 g/mol. The minimum absolute atomic E-state index is 0.169. The van der Waals surface area contributed by atoms with Crippen LogP contribution in [0.3, 0.4) is 0 Å². The van der Waals surface area contributed by atoms with Gasteiger partial charge < -0.3 is 19.5 Å². The SMILES string of the molecule is COc1cccc(C2(O)CN(C(=O)OC(C)(C)C)C2)n1.